The Hall–Kier alpha value is -2.19. The van der Waals surface area contributed by atoms with Gasteiger partial charge in [-0.3, -0.25) is 4.79 Å². The molecule has 0 atom stereocenters. The minimum atomic E-state index is -3.77. The van der Waals surface area contributed by atoms with Crippen LogP contribution in [-0.2, 0) is 10.0 Å². The summed E-state index contributed by atoms with van der Waals surface area (Å²) < 4.78 is 27.5. The van der Waals surface area contributed by atoms with E-state index in [2.05, 4.69) is 10.3 Å². The lowest BCUT2D eigenvalue weighted by Crippen LogP contribution is -2.15. The summed E-state index contributed by atoms with van der Waals surface area (Å²) in [6.45, 7) is 3.24. The number of benzene rings is 1. The third-order valence-corrected chi connectivity index (χ3v) is 3.76. The van der Waals surface area contributed by atoms with E-state index >= 15 is 0 Å². The van der Waals surface area contributed by atoms with E-state index in [0.29, 0.717) is 16.9 Å². The molecule has 0 bridgehead atoms. The van der Waals surface area contributed by atoms with E-state index in [1.165, 1.54) is 24.6 Å². The summed E-state index contributed by atoms with van der Waals surface area (Å²) >= 11 is 0. The maximum absolute atomic E-state index is 11.9. The van der Waals surface area contributed by atoms with Crippen LogP contribution < -0.4 is 10.5 Å². The molecule has 0 aliphatic carbocycles. The summed E-state index contributed by atoms with van der Waals surface area (Å²) in [6, 6.07) is 4.31. The number of hydrogen-bond donors (Lipinski definition) is 2. The number of oxazole rings is 1. The average Bonchev–Trinajstić information content (AvgIpc) is 2.73. The number of rotatable bonds is 3. The minimum absolute atomic E-state index is 0.0198. The van der Waals surface area contributed by atoms with Gasteiger partial charge in [-0.15, -0.1) is 0 Å². The van der Waals surface area contributed by atoms with Crippen LogP contribution in [0.3, 0.4) is 0 Å². The molecule has 7 nitrogen and oxygen atoms in total. The second-order valence-corrected chi connectivity index (χ2v) is 5.78. The highest BCUT2D eigenvalue weighted by Crippen LogP contribution is 2.19. The van der Waals surface area contributed by atoms with Crippen LogP contribution in [0, 0.1) is 13.8 Å². The Morgan fingerprint density at radius 3 is 2.55 bits per heavy atom. The molecule has 1 amide bonds. The molecule has 0 radical (unpaired) electrons. The Morgan fingerprint density at radius 2 is 2.05 bits per heavy atom. The molecular formula is C12H13N3O4S. The number of nitrogens with zero attached hydrogens (tertiary/aromatic N) is 1. The molecule has 1 heterocycles. The summed E-state index contributed by atoms with van der Waals surface area (Å²) in [4.78, 5) is 15.7. The van der Waals surface area contributed by atoms with Gasteiger partial charge in [0.25, 0.3) is 5.91 Å². The molecule has 0 aliphatic heterocycles. The predicted molar refractivity (Wildman–Crippen MR) is 71.7 cm³/mol. The van der Waals surface area contributed by atoms with Gasteiger partial charge in [0.1, 0.15) is 0 Å². The monoisotopic (exact) mass is 295 g/mol. The molecule has 20 heavy (non-hydrogen) atoms. The number of amides is 1. The summed E-state index contributed by atoms with van der Waals surface area (Å²) in [5.74, 6) is -0.346. The Bertz CT molecular complexity index is 765. The van der Waals surface area contributed by atoms with Crippen molar-refractivity contribution in [3.63, 3.8) is 0 Å². The number of aromatic nitrogens is 1. The third-order valence-electron chi connectivity index (χ3n) is 2.69. The van der Waals surface area contributed by atoms with Crippen LogP contribution in [0.5, 0.6) is 0 Å². The highest BCUT2D eigenvalue weighted by atomic mass is 32.2. The molecule has 2 aromatic rings. The second kappa shape index (κ2) is 5.06. The SMILES string of the molecule is Cc1cc(NC(=O)c2ocnc2C)ccc1S(N)(=O)=O. The Morgan fingerprint density at radius 1 is 1.35 bits per heavy atom. The Labute approximate surface area is 115 Å². The van der Waals surface area contributed by atoms with Gasteiger partial charge in [0, 0.05) is 5.69 Å². The molecule has 8 heteroatoms. The van der Waals surface area contributed by atoms with Crippen molar-refractivity contribution >= 4 is 21.6 Å². The van der Waals surface area contributed by atoms with Crippen LogP contribution in [-0.4, -0.2) is 19.3 Å². The quantitative estimate of drug-likeness (QED) is 0.882. The summed E-state index contributed by atoms with van der Waals surface area (Å²) in [5.41, 5.74) is 1.36. The van der Waals surface area contributed by atoms with E-state index < -0.39 is 15.9 Å². The van der Waals surface area contributed by atoms with Crippen molar-refractivity contribution < 1.29 is 17.6 Å². The molecule has 0 fully saturated rings. The van der Waals surface area contributed by atoms with Crippen molar-refractivity contribution in [3.8, 4) is 0 Å². The fourth-order valence-electron chi connectivity index (χ4n) is 1.75. The van der Waals surface area contributed by atoms with Crippen molar-refractivity contribution in [2.75, 3.05) is 5.32 Å². The van der Waals surface area contributed by atoms with Crippen molar-refractivity contribution in [1.29, 1.82) is 0 Å². The zero-order valence-electron chi connectivity index (χ0n) is 10.9. The van der Waals surface area contributed by atoms with E-state index in [1.54, 1.807) is 13.8 Å². The molecular weight excluding hydrogens is 282 g/mol. The van der Waals surface area contributed by atoms with Crippen LogP contribution in [0.25, 0.3) is 0 Å². The number of primary sulfonamides is 1. The van der Waals surface area contributed by atoms with Gasteiger partial charge in [-0.05, 0) is 37.6 Å². The lowest BCUT2D eigenvalue weighted by molar-refractivity contribution is 0.0996. The van der Waals surface area contributed by atoms with Crippen LogP contribution in [0.4, 0.5) is 5.69 Å². The number of hydrogen-bond acceptors (Lipinski definition) is 5. The average molecular weight is 295 g/mol. The predicted octanol–water partition coefficient (Wildman–Crippen LogP) is 1.19. The van der Waals surface area contributed by atoms with Gasteiger partial charge in [-0.1, -0.05) is 0 Å². The van der Waals surface area contributed by atoms with Gasteiger partial charge in [0.05, 0.1) is 10.6 Å². The molecule has 3 N–H and O–H groups in total. The van der Waals surface area contributed by atoms with Crippen molar-refractivity contribution in [3.05, 3.63) is 41.6 Å². The number of nitrogens with two attached hydrogens (primary N) is 1. The maximum Gasteiger partial charge on any atom is 0.293 e. The first-order valence-corrected chi connectivity index (χ1v) is 7.18. The number of carbonyl (C=O) groups is 1. The minimum Gasteiger partial charge on any atom is -0.438 e. The molecule has 106 valence electrons. The Balaban J connectivity index is 2.26. The lowest BCUT2D eigenvalue weighted by atomic mass is 10.2. The summed E-state index contributed by atoms with van der Waals surface area (Å²) in [6.07, 6.45) is 1.18. The van der Waals surface area contributed by atoms with Crippen LogP contribution in [0.2, 0.25) is 0 Å². The molecule has 1 aromatic carbocycles. The highest BCUT2D eigenvalue weighted by molar-refractivity contribution is 7.89. The molecule has 0 aliphatic rings. The second-order valence-electron chi connectivity index (χ2n) is 4.25. The van der Waals surface area contributed by atoms with E-state index in [0.717, 1.165) is 0 Å². The van der Waals surface area contributed by atoms with Gasteiger partial charge in [0.15, 0.2) is 6.39 Å². The number of sulfonamides is 1. The first-order valence-electron chi connectivity index (χ1n) is 5.64. The summed E-state index contributed by atoms with van der Waals surface area (Å²) in [5, 5.41) is 7.66. The fraction of sp³-hybridized carbons (Fsp3) is 0.167. The third kappa shape index (κ3) is 2.86. The molecule has 0 spiro atoms. The molecule has 1 aromatic heterocycles. The number of aryl methyl sites for hydroxylation is 2. The molecule has 0 saturated carbocycles. The van der Waals surface area contributed by atoms with Crippen LogP contribution in [0.15, 0.2) is 33.9 Å². The lowest BCUT2D eigenvalue weighted by Gasteiger charge is -2.07. The molecule has 0 saturated heterocycles. The topological polar surface area (TPSA) is 115 Å². The maximum atomic E-state index is 11.9. The zero-order chi connectivity index (χ0) is 14.9. The molecule has 2 rings (SSSR count). The van der Waals surface area contributed by atoms with E-state index in [-0.39, 0.29) is 10.7 Å². The van der Waals surface area contributed by atoms with Crippen molar-refractivity contribution in [1.82, 2.24) is 4.98 Å². The van der Waals surface area contributed by atoms with Crippen LogP contribution >= 0.6 is 0 Å². The van der Waals surface area contributed by atoms with Crippen molar-refractivity contribution in [2.45, 2.75) is 18.7 Å². The number of anilines is 1. The van der Waals surface area contributed by atoms with E-state index in [9.17, 15) is 13.2 Å². The van der Waals surface area contributed by atoms with Gasteiger partial charge in [-0.2, -0.15) is 0 Å². The highest BCUT2D eigenvalue weighted by Gasteiger charge is 2.16. The molecule has 0 unspecified atom stereocenters. The van der Waals surface area contributed by atoms with E-state index in [4.69, 9.17) is 9.56 Å². The van der Waals surface area contributed by atoms with Crippen LogP contribution in [0.1, 0.15) is 21.8 Å². The van der Waals surface area contributed by atoms with Gasteiger partial charge < -0.3 is 9.73 Å². The first kappa shape index (κ1) is 14.2. The smallest absolute Gasteiger partial charge is 0.293 e. The normalized spacial score (nSPS) is 11.3. The fourth-order valence-corrected chi connectivity index (χ4v) is 2.52. The largest absolute Gasteiger partial charge is 0.438 e. The van der Waals surface area contributed by atoms with E-state index in [1.807, 2.05) is 0 Å². The van der Waals surface area contributed by atoms with Gasteiger partial charge in [0.2, 0.25) is 15.8 Å². The van der Waals surface area contributed by atoms with Gasteiger partial charge in [-0.25, -0.2) is 18.5 Å². The number of nitrogens with one attached hydrogen (secondary N) is 1. The zero-order valence-corrected chi connectivity index (χ0v) is 11.7. The number of carbonyl (C=O) groups excluding carboxylic acids is 1. The Kier molecular flexibility index (Phi) is 3.60. The summed E-state index contributed by atoms with van der Waals surface area (Å²) in [7, 11) is -3.77. The first-order chi connectivity index (χ1) is 9.29. The van der Waals surface area contributed by atoms with Crippen molar-refractivity contribution in [2.24, 2.45) is 5.14 Å². The standard InChI is InChI=1S/C12H13N3O4S/c1-7-5-9(3-4-10(7)20(13,17)18)15-12(16)11-8(2)14-6-19-11/h3-6H,1-2H3,(H,15,16)(H2,13,17,18). The van der Waals surface area contributed by atoms with Gasteiger partial charge >= 0.3 is 0 Å².